The number of rotatable bonds is 9. The summed E-state index contributed by atoms with van der Waals surface area (Å²) < 4.78 is 85.3. The molecule has 1 aromatic heterocycles. The third kappa shape index (κ3) is 7.87. The van der Waals surface area contributed by atoms with Crippen LogP contribution < -0.4 is 10.1 Å². The number of aromatic nitrogens is 2. The monoisotopic (exact) mass is 556 g/mol. The highest BCUT2D eigenvalue weighted by Crippen LogP contribution is 2.26. The number of hydrogen-bond donors (Lipinski definition) is 1. The molecule has 0 radical (unpaired) electrons. The Labute approximate surface area is 221 Å². The second-order valence-corrected chi connectivity index (χ2v) is 9.63. The topological polar surface area (TPSA) is 59.4 Å². The normalized spacial score (nSPS) is 16.4. The number of fused-ring (bicyclic) bond motifs is 1. The number of piperidine rings is 1. The molecule has 212 valence electrons. The van der Waals surface area contributed by atoms with Gasteiger partial charge in [-0.05, 0) is 62.2 Å². The van der Waals surface area contributed by atoms with E-state index < -0.39 is 31.3 Å². The fourth-order valence-electron chi connectivity index (χ4n) is 4.82. The lowest BCUT2D eigenvalue weighted by Crippen LogP contribution is -2.44. The SMILES string of the molecule is CCOc1ccc(Cc2nc3cc(C(=O)N(CC(F)(F)F)CC(F)(F)F)ccc3n2CC2CCCCN2)cc1. The van der Waals surface area contributed by atoms with E-state index in [2.05, 4.69) is 10.3 Å². The van der Waals surface area contributed by atoms with Crippen molar-refractivity contribution in [3.05, 3.63) is 59.4 Å². The van der Waals surface area contributed by atoms with Crippen molar-refractivity contribution < 1.29 is 35.9 Å². The van der Waals surface area contributed by atoms with Gasteiger partial charge in [-0.3, -0.25) is 4.79 Å². The zero-order valence-corrected chi connectivity index (χ0v) is 21.4. The standard InChI is InChI=1S/C27H30F6N4O2/c1-2-39-21-9-6-18(7-10-21)13-24-35-22-14-19(25(38)36(16-26(28,29)30)17-27(31,32)33)8-11-23(22)37(24)15-20-5-3-4-12-34-20/h6-11,14,20,34H,2-5,12-13,15-17H2,1H3. The van der Waals surface area contributed by atoms with Gasteiger partial charge >= 0.3 is 12.4 Å². The summed E-state index contributed by atoms with van der Waals surface area (Å²) in [6.07, 6.45) is -6.41. The van der Waals surface area contributed by atoms with Crippen LogP contribution in [0.1, 0.15) is 47.9 Å². The van der Waals surface area contributed by atoms with E-state index in [0.717, 1.165) is 37.1 Å². The fourth-order valence-corrected chi connectivity index (χ4v) is 4.82. The first-order valence-corrected chi connectivity index (χ1v) is 12.8. The van der Waals surface area contributed by atoms with Crippen LogP contribution in [0.4, 0.5) is 26.3 Å². The van der Waals surface area contributed by atoms with Crippen molar-refractivity contribution in [3.8, 4) is 5.75 Å². The molecule has 1 unspecified atom stereocenters. The maximum atomic E-state index is 13.0. The average Bonchev–Trinajstić information content (AvgIpc) is 3.19. The molecule has 1 aliphatic rings. The molecule has 0 aliphatic carbocycles. The summed E-state index contributed by atoms with van der Waals surface area (Å²) in [6, 6.07) is 11.8. The first-order chi connectivity index (χ1) is 18.4. The van der Waals surface area contributed by atoms with Crippen molar-refractivity contribution in [2.45, 2.75) is 57.5 Å². The Morgan fingerprint density at radius 2 is 1.74 bits per heavy atom. The van der Waals surface area contributed by atoms with Crippen LogP contribution in [0, 0.1) is 0 Å². The number of alkyl halides is 6. The van der Waals surface area contributed by atoms with Gasteiger partial charge in [-0.25, -0.2) is 4.98 Å². The number of amides is 1. The summed E-state index contributed by atoms with van der Waals surface area (Å²) in [5.74, 6) is 0.0447. The van der Waals surface area contributed by atoms with Crippen molar-refractivity contribution in [2.75, 3.05) is 26.2 Å². The molecule has 3 aromatic rings. The second-order valence-electron chi connectivity index (χ2n) is 9.63. The van der Waals surface area contributed by atoms with Gasteiger partial charge in [0.25, 0.3) is 5.91 Å². The van der Waals surface area contributed by atoms with Crippen molar-refractivity contribution in [2.24, 2.45) is 0 Å². The molecule has 2 aromatic carbocycles. The Bertz CT molecular complexity index is 1250. The van der Waals surface area contributed by atoms with Gasteiger partial charge in [-0.1, -0.05) is 18.6 Å². The minimum Gasteiger partial charge on any atom is -0.494 e. The van der Waals surface area contributed by atoms with Gasteiger partial charge in [0.2, 0.25) is 0 Å². The first-order valence-electron chi connectivity index (χ1n) is 12.8. The quantitative estimate of drug-likeness (QED) is 0.342. The van der Waals surface area contributed by atoms with Crippen LogP contribution in [-0.4, -0.2) is 65.0 Å². The molecule has 1 atom stereocenters. The number of imidazole rings is 1. The highest BCUT2D eigenvalue weighted by atomic mass is 19.4. The third-order valence-electron chi connectivity index (χ3n) is 6.51. The zero-order chi connectivity index (χ0) is 28.2. The van der Waals surface area contributed by atoms with Gasteiger partial charge in [0.05, 0.1) is 17.6 Å². The Morgan fingerprint density at radius 1 is 1.05 bits per heavy atom. The number of benzene rings is 2. The van der Waals surface area contributed by atoms with Gasteiger partial charge in [0.15, 0.2) is 0 Å². The molecule has 1 N–H and O–H groups in total. The van der Waals surface area contributed by atoms with Gasteiger partial charge in [0, 0.05) is 24.6 Å². The molecule has 6 nitrogen and oxygen atoms in total. The van der Waals surface area contributed by atoms with Crippen molar-refractivity contribution in [3.63, 3.8) is 0 Å². The van der Waals surface area contributed by atoms with Gasteiger partial charge in [0.1, 0.15) is 24.7 Å². The molecule has 39 heavy (non-hydrogen) atoms. The zero-order valence-electron chi connectivity index (χ0n) is 21.4. The number of nitrogens with zero attached hydrogens (tertiary/aromatic N) is 3. The highest BCUT2D eigenvalue weighted by molar-refractivity contribution is 5.97. The molecule has 1 saturated heterocycles. The van der Waals surface area contributed by atoms with Crippen LogP contribution in [0.5, 0.6) is 5.75 Å². The van der Waals surface area contributed by atoms with Crippen LogP contribution >= 0.6 is 0 Å². The predicted molar refractivity (Wildman–Crippen MR) is 134 cm³/mol. The molecule has 1 amide bonds. The number of nitrogens with one attached hydrogen (secondary N) is 1. The molecular formula is C27H30F6N4O2. The first kappa shape index (κ1) is 28.7. The Morgan fingerprint density at radius 3 is 2.33 bits per heavy atom. The lowest BCUT2D eigenvalue weighted by atomic mass is 10.0. The van der Waals surface area contributed by atoms with E-state index >= 15 is 0 Å². The van der Waals surface area contributed by atoms with E-state index in [1.807, 2.05) is 35.8 Å². The summed E-state index contributed by atoms with van der Waals surface area (Å²) in [6.45, 7) is -0.112. The van der Waals surface area contributed by atoms with E-state index in [1.165, 1.54) is 12.1 Å². The van der Waals surface area contributed by atoms with E-state index in [4.69, 9.17) is 4.74 Å². The molecule has 4 rings (SSSR count). The largest absolute Gasteiger partial charge is 0.494 e. The molecular weight excluding hydrogens is 526 g/mol. The van der Waals surface area contributed by atoms with E-state index in [9.17, 15) is 31.1 Å². The van der Waals surface area contributed by atoms with Gasteiger partial charge in [-0.2, -0.15) is 26.3 Å². The summed E-state index contributed by atoms with van der Waals surface area (Å²) in [5, 5.41) is 3.48. The number of carbonyl (C=O) groups is 1. The third-order valence-corrected chi connectivity index (χ3v) is 6.51. The fraction of sp³-hybridized carbons (Fsp3) is 0.481. The molecule has 1 fully saturated rings. The van der Waals surface area contributed by atoms with Crippen LogP contribution in [-0.2, 0) is 13.0 Å². The predicted octanol–water partition coefficient (Wildman–Crippen LogP) is 5.73. The number of ether oxygens (including phenoxy) is 1. The lowest BCUT2D eigenvalue weighted by molar-refractivity contribution is -0.171. The molecule has 1 aliphatic heterocycles. The Kier molecular flexibility index (Phi) is 8.73. The van der Waals surface area contributed by atoms with E-state index in [0.29, 0.717) is 36.4 Å². The van der Waals surface area contributed by atoms with Crippen molar-refractivity contribution >= 4 is 16.9 Å². The molecule has 0 bridgehead atoms. The van der Waals surface area contributed by atoms with Crippen LogP contribution in [0.2, 0.25) is 0 Å². The summed E-state index contributed by atoms with van der Waals surface area (Å²) >= 11 is 0. The number of hydrogen-bond acceptors (Lipinski definition) is 4. The van der Waals surface area contributed by atoms with Crippen molar-refractivity contribution in [1.29, 1.82) is 0 Å². The minimum atomic E-state index is -4.98. The Balaban J connectivity index is 1.68. The molecule has 0 saturated carbocycles. The van der Waals surface area contributed by atoms with Crippen LogP contribution in [0.3, 0.4) is 0 Å². The molecule has 2 heterocycles. The van der Waals surface area contributed by atoms with Gasteiger partial charge in [-0.15, -0.1) is 0 Å². The van der Waals surface area contributed by atoms with Crippen LogP contribution in [0.25, 0.3) is 11.0 Å². The van der Waals surface area contributed by atoms with Crippen LogP contribution in [0.15, 0.2) is 42.5 Å². The van der Waals surface area contributed by atoms with Gasteiger partial charge < -0.3 is 19.5 Å². The molecule has 0 spiro atoms. The van der Waals surface area contributed by atoms with E-state index in [1.54, 1.807) is 6.07 Å². The Hall–Kier alpha value is -3.28. The summed E-state index contributed by atoms with van der Waals surface area (Å²) in [7, 11) is 0. The van der Waals surface area contributed by atoms with Crippen molar-refractivity contribution in [1.82, 2.24) is 19.8 Å². The number of carbonyl (C=O) groups excluding carboxylic acids is 1. The second kappa shape index (κ2) is 11.8. The smallest absolute Gasteiger partial charge is 0.406 e. The summed E-state index contributed by atoms with van der Waals surface area (Å²) in [4.78, 5) is 17.2. The number of halogens is 6. The maximum Gasteiger partial charge on any atom is 0.406 e. The lowest BCUT2D eigenvalue weighted by Gasteiger charge is -2.25. The summed E-state index contributed by atoms with van der Waals surface area (Å²) in [5.41, 5.74) is 1.64. The highest BCUT2D eigenvalue weighted by Gasteiger charge is 2.40. The average molecular weight is 557 g/mol. The maximum absolute atomic E-state index is 13.0. The minimum absolute atomic E-state index is 0.186. The molecule has 12 heteroatoms. The van der Waals surface area contributed by atoms with E-state index in [-0.39, 0.29) is 16.5 Å².